The number of benzene rings is 1. The van der Waals surface area contributed by atoms with Crippen LogP contribution in [0.15, 0.2) is 42.7 Å². The number of hydrogen-bond donors (Lipinski definition) is 1. The number of aromatic nitrogens is 4. The molecule has 5 heteroatoms. The molecule has 3 aromatic rings. The smallest absolute Gasteiger partial charge is 0.0783 e. The molecular weight excluding hydrogens is 226 g/mol. The molecule has 0 saturated carbocycles. The highest BCUT2D eigenvalue weighted by atomic mass is 15.4. The lowest BCUT2D eigenvalue weighted by atomic mass is 10.2. The lowest BCUT2D eigenvalue weighted by molar-refractivity contribution is 0.717. The van der Waals surface area contributed by atoms with Gasteiger partial charge in [-0.3, -0.25) is 4.98 Å². The van der Waals surface area contributed by atoms with Crippen molar-refractivity contribution < 1.29 is 0 Å². The standard InChI is InChI=1S/C13H13N5/c1-14-8-10-9-16-17-18(10)13-6-2-5-12-11(13)4-3-7-15-12/h2-7,9,14H,8H2,1H3. The van der Waals surface area contributed by atoms with Crippen LogP contribution in [0.5, 0.6) is 0 Å². The molecule has 0 saturated heterocycles. The van der Waals surface area contributed by atoms with E-state index in [0.717, 1.165) is 28.8 Å². The van der Waals surface area contributed by atoms with Gasteiger partial charge in [-0.2, -0.15) is 0 Å². The average molecular weight is 239 g/mol. The summed E-state index contributed by atoms with van der Waals surface area (Å²) in [5, 5.41) is 12.3. The van der Waals surface area contributed by atoms with E-state index in [1.54, 1.807) is 12.4 Å². The van der Waals surface area contributed by atoms with E-state index in [9.17, 15) is 0 Å². The first-order chi connectivity index (χ1) is 8.90. The van der Waals surface area contributed by atoms with Gasteiger partial charge < -0.3 is 5.32 Å². The zero-order chi connectivity index (χ0) is 12.4. The molecule has 0 aliphatic rings. The van der Waals surface area contributed by atoms with E-state index in [1.807, 2.05) is 42.1 Å². The zero-order valence-electron chi connectivity index (χ0n) is 10.0. The molecule has 90 valence electrons. The number of rotatable bonds is 3. The molecule has 0 spiro atoms. The quantitative estimate of drug-likeness (QED) is 0.753. The van der Waals surface area contributed by atoms with Crippen molar-refractivity contribution in [1.82, 2.24) is 25.3 Å². The summed E-state index contributed by atoms with van der Waals surface area (Å²) >= 11 is 0. The number of hydrogen-bond acceptors (Lipinski definition) is 4. The summed E-state index contributed by atoms with van der Waals surface area (Å²) < 4.78 is 1.85. The Hall–Kier alpha value is -2.27. The number of fused-ring (bicyclic) bond motifs is 1. The van der Waals surface area contributed by atoms with Crippen molar-refractivity contribution >= 4 is 10.9 Å². The third-order valence-electron chi connectivity index (χ3n) is 2.83. The topological polar surface area (TPSA) is 55.6 Å². The van der Waals surface area contributed by atoms with Crippen LogP contribution in [0.4, 0.5) is 0 Å². The van der Waals surface area contributed by atoms with Crippen LogP contribution < -0.4 is 5.32 Å². The fourth-order valence-electron chi connectivity index (χ4n) is 2.03. The molecule has 0 aliphatic heterocycles. The average Bonchev–Trinajstić information content (AvgIpc) is 2.87. The van der Waals surface area contributed by atoms with E-state index in [1.165, 1.54) is 0 Å². The molecule has 0 unspecified atom stereocenters. The van der Waals surface area contributed by atoms with Crippen LogP contribution in [0.25, 0.3) is 16.6 Å². The van der Waals surface area contributed by atoms with Crippen LogP contribution >= 0.6 is 0 Å². The largest absolute Gasteiger partial charge is 0.314 e. The van der Waals surface area contributed by atoms with Crippen LogP contribution in [0.2, 0.25) is 0 Å². The summed E-state index contributed by atoms with van der Waals surface area (Å²) in [4.78, 5) is 4.35. The molecule has 0 fully saturated rings. The van der Waals surface area contributed by atoms with E-state index >= 15 is 0 Å². The minimum atomic E-state index is 0.726. The molecule has 1 aromatic carbocycles. The van der Waals surface area contributed by atoms with Crippen molar-refractivity contribution in [3.63, 3.8) is 0 Å². The van der Waals surface area contributed by atoms with E-state index in [-0.39, 0.29) is 0 Å². The molecule has 1 N–H and O–H groups in total. The van der Waals surface area contributed by atoms with E-state index in [0.29, 0.717) is 0 Å². The molecule has 2 aromatic heterocycles. The molecule has 5 nitrogen and oxygen atoms in total. The van der Waals surface area contributed by atoms with Gasteiger partial charge in [0.05, 0.1) is 23.1 Å². The Labute approximate surface area is 104 Å². The predicted molar refractivity (Wildman–Crippen MR) is 69.4 cm³/mol. The maximum Gasteiger partial charge on any atom is 0.0783 e. The lowest BCUT2D eigenvalue weighted by Gasteiger charge is -2.08. The summed E-state index contributed by atoms with van der Waals surface area (Å²) in [5.74, 6) is 0. The van der Waals surface area contributed by atoms with Gasteiger partial charge >= 0.3 is 0 Å². The van der Waals surface area contributed by atoms with Gasteiger partial charge in [-0.1, -0.05) is 11.3 Å². The Balaban J connectivity index is 2.22. The van der Waals surface area contributed by atoms with Crippen LogP contribution in [0.1, 0.15) is 5.69 Å². The van der Waals surface area contributed by atoms with Crippen LogP contribution in [-0.2, 0) is 6.54 Å². The minimum absolute atomic E-state index is 0.726. The second-order valence-corrected chi connectivity index (χ2v) is 4.01. The normalized spacial score (nSPS) is 10.9. The van der Waals surface area contributed by atoms with E-state index in [4.69, 9.17) is 0 Å². The summed E-state index contributed by atoms with van der Waals surface area (Å²) in [6, 6.07) is 9.98. The molecular formula is C13H13N5. The van der Waals surface area contributed by atoms with Gasteiger partial charge in [-0.25, -0.2) is 4.68 Å². The summed E-state index contributed by atoms with van der Waals surface area (Å²) in [6.07, 6.45) is 3.56. The Morgan fingerprint density at radius 2 is 2.17 bits per heavy atom. The highest BCUT2D eigenvalue weighted by Gasteiger charge is 2.08. The van der Waals surface area contributed by atoms with Crippen molar-refractivity contribution in [2.75, 3.05) is 7.05 Å². The van der Waals surface area contributed by atoms with Gasteiger partial charge in [-0.05, 0) is 31.3 Å². The molecule has 0 amide bonds. The van der Waals surface area contributed by atoms with Gasteiger partial charge in [0.15, 0.2) is 0 Å². The summed E-state index contributed by atoms with van der Waals surface area (Å²) in [5.41, 5.74) is 2.98. The van der Waals surface area contributed by atoms with E-state index in [2.05, 4.69) is 20.6 Å². The lowest BCUT2D eigenvalue weighted by Crippen LogP contribution is -2.11. The van der Waals surface area contributed by atoms with Gasteiger partial charge in [0, 0.05) is 18.1 Å². The second-order valence-electron chi connectivity index (χ2n) is 4.01. The van der Waals surface area contributed by atoms with Crippen molar-refractivity contribution in [2.24, 2.45) is 0 Å². The van der Waals surface area contributed by atoms with Crippen molar-refractivity contribution in [3.8, 4) is 5.69 Å². The molecule has 0 bridgehead atoms. The van der Waals surface area contributed by atoms with Crippen LogP contribution in [0.3, 0.4) is 0 Å². The zero-order valence-corrected chi connectivity index (χ0v) is 10.0. The summed E-state index contributed by atoms with van der Waals surface area (Å²) in [6.45, 7) is 0.726. The third kappa shape index (κ3) is 1.74. The maximum absolute atomic E-state index is 4.35. The predicted octanol–water partition coefficient (Wildman–Crippen LogP) is 1.53. The van der Waals surface area contributed by atoms with Gasteiger partial charge in [0.2, 0.25) is 0 Å². The van der Waals surface area contributed by atoms with Crippen molar-refractivity contribution in [1.29, 1.82) is 0 Å². The highest BCUT2D eigenvalue weighted by Crippen LogP contribution is 2.20. The Morgan fingerprint density at radius 3 is 3.06 bits per heavy atom. The minimum Gasteiger partial charge on any atom is -0.314 e. The van der Waals surface area contributed by atoms with Crippen LogP contribution in [0, 0.1) is 0 Å². The molecule has 2 heterocycles. The SMILES string of the molecule is CNCc1cnnn1-c1cccc2ncccc12. The number of pyridine rings is 1. The Morgan fingerprint density at radius 1 is 1.22 bits per heavy atom. The highest BCUT2D eigenvalue weighted by molar-refractivity contribution is 5.86. The second kappa shape index (κ2) is 4.54. The van der Waals surface area contributed by atoms with Gasteiger partial charge in [0.25, 0.3) is 0 Å². The molecule has 0 radical (unpaired) electrons. The first-order valence-electron chi connectivity index (χ1n) is 5.78. The third-order valence-corrected chi connectivity index (χ3v) is 2.83. The Kier molecular flexibility index (Phi) is 2.74. The van der Waals surface area contributed by atoms with Gasteiger partial charge in [-0.15, -0.1) is 5.10 Å². The van der Waals surface area contributed by atoms with E-state index < -0.39 is 0 Å². The van der Waals surface area contributed by atoms with Crippen LogP contribution in [-0.4, -0.2) is 27.0 Å². The number of nitrogens with one attached hydrogen (secondary N) is 1. The first-order valence-corrected chi connectivity index (χ1v) is 5.78. The summed E-state index contributed by atoms with van der Waals surface area (Å²) in [7, 11) is 1.90. The fourth-order valence-corrected chi connectivity index (χ4v) is 2.03. The first kappa shape index (κ1) is 10.9. The molecule has 0 atom stereocenters. The maximum atomic E-state index is 4.35. The van der Waals surface area contributed by atoms with Crippen molar-refractivity contribution in [3.05, 3.63) is 48.4 Å². The fraction of sp³-hybridized carbons (Fsp3) is 0.154. The van der Waals surface area contributed by atoms with Gasteiger partial charge in [0.1, 0.15) is 0 Å². The number of nitrogens with zero attached hydrogens (tertiary/aromatic N) is 4. The molecule has 18 heavy (non-hydrogen) atoms. The molecule has 3 rings (SSSR count). The Bertz CT molecular complexity index is 668. The monoisotopic (exact) mass is 239 g/mol. The van der Waals surface area contributed by atoms with Crippen molar-refractivity contribution in [2.45, 2.75) is 6.54 Å². The molecule has 0 aliphatic carbocycles.